The van der Waals surface area contributed by atoms with Gasteiger partial charge in [0.2, 0.25) is 0 Å². The first-order valence-electron chi connectivity index (χ1n) is 8.55. The van der Waals surface area contributed by atoms with E-state index in [1.165, 1.54) is 5.56 Å². The van der Waals surface area contributed by atoms with E-state index < -0.39 is 0 Å². The van der Waals surface area contributed by atoms with E-state index in [4.69, 9.17) is 9.47 Å². The smallest absolute Gasteiger partial charge is 0.157 e. The molecule has 2 aromatic carbocycles. The summed E-state index contributed by atoms with van der Waals surface area (Å²) in [7, 11) is 1.66. The Kier molecular flexibility index (Phi) is 5.91. The fraction of sp³-hybridized carbons (Fsp3) is 0.400. The fourth-order valence-electron chi connectivity index (χ4n) is 3.26. The van der Waals surface area contributed by atoms with Crippen molar-refractivity contribution >= 4 is 0 Å². The lowest BCUT2D eigenvalue weighted by Crippen LogP contribution is -2.43. The lowest BCUT2D eigenvalue weighted by Gasteiger charge is -2.37. The molecule has 1 unspecified atom stereocenters. The number of hydrogen-bond acceptors (Lipinski definition) is 5. The lowest BCUT2D eigenvalue weighted by molar-refractivity contribution is 0.0211. The Bertz CT molecular complexity index is 690. The number of benzene rings is 2. The summed E-state index contributed by atoms with van der Waals surface area (Å²) in [6, 6.07) is 13.9. The number of fused-ring (bicyclic) bond motifs is 1. The van der Waals surface area contributed by atoms with Crippen LogP contribution in [-0.4, -0.2) is 48.1 Å². The standard InChI is InChI=1S/C20H25NO4/c1-24-7-8-25-14-18-9-16-10-19(22)20(23)11-17(16)13-21(18)12-15-5-3-2-4-6-15/h2-6,10-11,18,22-23H,7-9,12-14H2,1H3. The Balaban J connectivity index is 1.77. The molecule has 5 nitrogen and oxygen atoms in total. The van der Waals surface area contributed by atoms with Crippen LogP contribution in [0, 0.1) is 0 Å². The number of phenols is 2. The van der Waals surface area contributed by atoms with Gasteiger partial charge in [-0.3, -0.25) is 4.90 Å². The predicted molar refractivity (Wildman–Crippen MR) is 95.6 cm³/mol. The molecule has 25 heavy (non-hydrogen) atoms. The summed E-state index contributed by atoms with van der Waals surface area (Å²) in [6.45, 7) is 3.30. The minimum absolute atomic E-state index is 0.0608. The van der Waals surface area contributed by atoms with Crippen molar-refractivity contribution in [1.82, 2.24) is 4.90 Å². The van der Waals surface area contributed by atoms with Gasteiger partial charge >= 0.3 is 0 Å². The zero-order chi connectivity index (χ0) is 17.6. The van der Waals surface area contributed by atoms with E-state index in [0.29, 0.717) is 19.8 Å². The van der Waals surface area contributed by atoms with Crippen molar-refractivity contribution in [3.63, 3.8) is 0 Å². The van der Waals surface area contributed by atoms with E-state index in [1.54, 1.807) is 19.2 Å². The number of phenolic OH excluding ortho intramolecular Hbond substituents is 2. The third kappa shape index (κ3) is 4.51. The SMILES string of the molecule is COCCOCC1Cc2cc(O)c(O)cc2CN1Cc1ccccc1. The normalized spacial score (nSPS) is 17.4. The van der Waals surface area contributed by atoms with Crippen LogP contribution in [0.25, 0.3) is 0 Å². The average Bonchev–Trinajstić information content (AvgIpc) is 2.61. The quantitative estimate of drug-likeness (QED) is 0.598. The Morgan fingerprint density at radius 3 is 2.48 bits per heavy atom. The zero-order valence-electron chi connectivity index (χ0n) is 14.5. The maximum absolute atomic E-state index is 9.81. The second-order valence-corrected chi connectivity index (χ2v) is 6.43. The van der Waals surface area contributed by atoms with Gasteiger partial charge in [-0.25, -0.2) is 0 Å². The third-order valence-corrected chi connectivity index (χ3v) is 4.61. The molecule has 1 aliphatic rings. The molecule has 0 spiro atoms. The molecule has 0 saturated carbocycles. The second kappa shape index (κ2) is 8.34. The van der Waals surface area contributed by atoms with Crippen molar-refractivity contribution in [3.05, 3.63) is 59.2 Å². The maximum atomic E-state index is 9.81. The van der Waals surface area contributed by atoms with Crippen molar-refractivity contribution in [2.24, 2.45) is 0 Å². The van der Waals surface area contributed by atoms with E-state index in [2.05, 4.69) is 17.0 Å². The van der Waals surface area contributed by atoms with Gasteiger partial charge in [-0.1, -0.05) is 30.3 Å². The van der Waals surface area contributed by atoms with Crippen LogP contribution in [0.4, 0.5) is 0 Å². The van der Waals surface area contributed by atoms with Crippen molar-refractivity contribution < 1.29 is 19.7 Å². The number of rotatable bonds is 7. The molecule has 2 N–H and O–H groups in total. The van der Waals surface area contributed by atoms with Gasteiger partial charge in [0.15, 0.2) is 11.5 Å². The summed E-state index contributed by atoms with van der Waals surface area (Å²) in [5, 5.41) is 19.6. The second-order valence-electron chi connectivity index (χ2n) is 6.43. The van der Waals surface area contributed by atoms with Crippen molar-refractivity contribution in [1.29, 1.82) is 0 Å². The van der Waals surface area contributed by atoms with Crippen LogP contribution in [0.1, 0.15) is 16.7 Å². The van der Waals surface area contributed by atoms with Gasteiger partial charge in [0.1, 0.15) is 0 Å². The van der Waals surface area contributed by atoms with Crippen LogP contribution in [0.3, 0.4) is 0 Å². The van der Waals surface area contributed by atoms with Crippen molar-refractivity contribution in [2.75, 3.05) is 26.9 Å². The summed E-state index contributed by atoms with van der Waals surface area (Å²) in [5.74, 6) is -0.123. The third-order valence-electron chi connectivity index (χ3n) is 4.61. The minimum Gasteiger partial charge on any atom is -0.504 e. The number of hydrogen-bond donors (Lipinski definition) is 2. The van der Waals surface area contributed by atoms with Crippen molar-refractivity contribution in [2.45, 2.75) is 25.6 Å². The van der Waals surface area contributed by atoms with Gasteiger partial charge in [-0.05, 0) is 35.2 Å². The molecule has 134 valence electrons. The van der Waals surface area contributed by atoms with E-state index >= 15 is 0 Å². The molecule has 3 rings (SSSR count). The molecule has 1 atom stereocenters. The Labute approximate surface area is 148 Å². The van der Waals surface area contributed by atoms with Crippen LogP contribution in [0.2, 0.25) is 0 Å². The topological polar surface area (TPSA) is 62.2 Å². The van der Waals surface area contributed by atoms with Gasteiger partial charge in [0, 0.05) is 26.2 Å². The first-order chi connectivity index (χ1) is 12.2. The molecule has 0 aliphatic carbocycles. The van der Waals surface area contributed by atoms with Crippen molar-refractivity contribution in [3.8, 4) is 11.5 Å². The molecule has 0 aromatic heterocycles. The first-order valence-corrected chi connectivity index (χ1v) is 8.55. The zero-order valence-corrected chi connectivity index (χ0v) is 14.5. The molecule has 0 amide bonds. The van der Waals surface area contributed by atoms with E-state index in [0.717, 1.165) is 30.6 Å². The summed E-state index contributed by atoms with van der Waals surface area (Å²) < 4.78 is 10.8. The minimum atomic E-state index is -0.0618. The van der Waals surface area contributed by atoms with Gasteiger partial charge in [-0.15, -0.1) is 0 Å². The van der Waals surface area contributed by atoms with E-state index in [1.807, 2.05) is 18.2 Å². The molecule has 0 saturated heterocycles. The maximum Gasteiger partial charge on any atom is 0.157 e. The Morgan fingerprint density at radius 1 is 1.04 bits per heavy atom. The first kappa shape index (κ1) is 17.7. The molecule has 1 aliphatic heterocycles. The van der Waals surface area contributed by atoms with Crippen LogP contribution < -0.4 is 0 Å². The summed E-state index contributed by atoms with van der Waals surface area (Å²) >= 11 is 0. The van der Waals surface area contributed by atoms with Crippen LogP contribution in [0.15, 0.2) is 42.5 Å². The van der Waals surface area contributed by atoms with Gasteiger partial charge in [0.25, 0.3) is 0 Å². The highest BCUT2D eigenvalue weighted by molar-refractivity contribution is 5.46. The van der Waals surface area contributed by atoms with Gasteiger partial charge < -0.3 is 19.7 Å². The predicted octanol–water partition coefficient (Wildman–Crippen LogP) is 2.69. The molecule has 0 fully saturated rings. The fourth-order valence-corrected chi connectivity index (χ4v) is 3.26. The van der Waals surface area contributed by atoms with Gasteiger partial charge in [0.05, 0.1) is 19.8 Å². The van der Waals surface area contributed by atoms with E-state index in [9.17, 15) is 10.2 Å². The largest absolute Gasteiger partial charge is 0.504 e. The Morgan fingerprint density at radius 2 is 1.76 bits per heavy atom. The summed E-state index contributed by atoms with van der Waals surface area (Å²) in [6.07, 6.45) is 0.781. The molecule has 0 radical (unpaired) electrons. The number of ether oxygens (including phenoxy) is 2. The highest BCUT2D eigenvalue weighted by atomic mass is 16.5. The molecule has 1 heterocycles. The van der Waals surface area contributed by atoms with Crippen LogP contribution in [-0.2, 0) is 29.0 Å². The van der Waals surface area contributed by atoms with Crippen LogP contribution in [0.5, 0.6) is 11.5 Å². The number of nitrogens with zero attached hydrogens (tertiary/aromatic N) is 1. The molecular formula is C20H25NO4. The van der Waals surface area contributed by atoms with Gasteiger partial charge in [-0.2, -0.15) is 0 Å². The highest BCUT2D eigenvalue weighted by Crippen LogP contribution is 2.33. The molecular weight excluding hydrogens is 318 g/mol. The highest BCUT2D eigenvalue weighted by Gasteiger charge is 2.27. The monoisotopic (exact) mass is 343 g/mol. The average molecular weight is 343 g/mol. The molecule has 0 bridgehead atoms. The lowest BCUT2D eigenvalue weighted by atomic mass is 9.93. The Hall–Kier alpha value is -2.08. The van der Waals surface area contributed by atoms with Crippen LogP contribution >= 0.6 is 0 Å². The molecule has 5 heteroatoms. The number of methoxy groups -OCH3 is 1. The summed E-state index contributed by atoms with van der Waals surface area (Å²) in [5.41, 5.74) is 3.37. The molecule has 2 aromatic rings. The number of aromatic hydroxyl groups is 2. The van der Waals surface area contributed by atoms with E-state index in [-0.39, 0.29) is 17.5 Å². The summed E-state index contributed by atoms with van der Waals surface area (Å²) in [4.78, 5) is 2.36.